The number of carbonyl (C=O) groups is 3. The number of Topliss-reactive ketones (excluding diaryl/α,β-unsaturated/α-hetero) is 1. The summed E-state index contributed by atoms with van der Waals surface area (Å²) >= 11 is 5.89. The van der Waals surface area contributed by atoms with Gasteiger partial charge in [0.2, 0.25) is 5.91 Å². The Bertz CT molecular complexity index is 1030. The Kier molecular flexibility index (Phi) is 5.18. The van der Waals surface area contributed by atoms with Crippen LogP contribution in [0.15, 0.2) is 48.5 Å². The van der Waals surface area contributed by atoms with E-state index in [1.54, 1.807) is 24.3 Å². The molecule has 7 heteroatoms. The molecule has 160 valence electrons. The highest BCUT2D eigenvalue weighted by molar-refractivity contribution is 6.30. The molecule has 2 aromatic carbocycles. The molecule has 1 saturated carbocycles. The van der Waals surface area contributed by atoms with Gasteiger partial charge < -0.3 is 15.1 Å². The van der Waals surface area contributed by atoms with Crippen LogP contribution in [0.5, 0.6) is 0 Å². The van der Waals surface area contributed by atoms with Crippen molar-refractivity contribution in [3.8, 4) is 0 Å². The fourth-order valence-electron chi connectivity index (χ4n) is 4.74. The van der Waals surface area contributed by atoms with Crippen LogP contribution in [0.25, 0.3) is 0 Å². The fraction of sp³-hybridized carbons (Fsp3) is 0.375. The first kappa shape index (κ1) is 20.1. The third kappa shape index (κ3) is 3.92. The molecule has 31 heavy (non-hydrogen) atoms. The first-order valence-electron chi connectivity index (χ1n) is 10.8. The molecule has 0 aromatic heterocycles. The number of anilines is 1. The molecule has 2 aromatic rings. The summed E-state index contributed by atoms with van der Waals surface area (Å²) in [6, 6.07) is 14.7. The van der Waals surface area contributed by atoms with E-state index in [0.29, 0.717) is 36.6 Å². The lowest BCUT2D eigenvalue weighted by Crippen LogP contribution is -2.51. The van der Waals surface area contributed by atoms with Gasteiger partial charge in [0.15, 0.2) is 5.78 Å². The largest absolute Gasteiger partial charge is 0.342 e. The summed E-state index contributed by atoms with van der Waals surface area (Å²) in [6.45, 7) is 1.83. The van der Waals surface area contributed by atoms with Crippen molar-refractivity contribution >= 4 is 35.0 Å². The monoisotopic (exact) mass is 437 g/mol. The summed E-state index contributed by atoms with van der Waals surface area (Å²) in [5, 5.41) is 3.56. The fourth-order valence-corrected chi connectivity index (χ4v) is 4.86. The van der Waals surface area contributed by atoms with Gasteiger partial charge in [-0.05, 0) is 55.2 Å². The maximum atomic E-state index is 12.9. The maximum absolute atomic E-state index is 12.9. The Labute approximate surface area is 186 Å². The Hall–Kier alpha value is -2.86. The van der Waals surface area contributed by atoms with E-state index >= 15 is 0 Å². The summed E-state index contributed by atoms with van der Waals surface area (Å²) in [6.07, 6.45) is 2.12. The molecule has 2 aliphatic heterocycles. The van der Waals surface area contributed by atoms with Crippen LogP contribution in [0.1, 0.15) is 35.2 Å². The number of likely N-dealkylation sites (tertiary alicyclic amines) is 1. The van der Waals surface area contributed by atoms with Crippen LogP contribution >= 0.6 is 11.6 Å². The van der Waals surface area contributed by atoms with Gasteiger partial charge in [-0.15, -0.1) is 0 Å². The molecular weight excluding hydrogens is 414 g/mol. The number of piperidine rings is 1. The zero-order valence-corrected chi connectivity index (χ0v) is 17.8. The molecule has 1 aliphatic carbocycles. The van der Waals surface area contributed by atoms with E-state index in [2.05, 4.69) is 5.32 Å². The zero-order chi connectivity index (χ0) is 21.5. The Morgan fingerprint density at radius 1 is 0.968 bits per heavy atom. The quantitative estimate of drug-likeness (QED) is 0.729. The van der Waals surface area contributed by atoms with Gasteiger partial charge in [-0.1, -0.05) is 29.8 Å². The third-order valence-corrected chi connectivity index (χ3v) is 6.90. The summed E-state index contributed by atoms with van der Waals surface area (Å²) in [7, 11) is 0. The van der Waals surface area contributed by atoms with E-state index in [0.717, 1.165) is 24.1 Å². The molecule has 1 saturated heterocycles. The highest BCUT2D eigenvalue weighted by atomic mass is 35.5. The molecule has 1 N–H and O–H groups in total. The number of urea groups is 1. The molecule has 0 radical (unpaired) electrons. The minimum Gasteiger partial charge on any atom is -0.342 e. The number of benzene rings is 2. The lowest BCUT2D eigenvalue weighted by molar-refractivity contribution is -0.134. The van der Waals surface area contributed by atoms with E-state index in [1.165, 1.54) is 0 Å². The summed E-state index contributed by atoms with van der Waals surface area (Å²) in [5.74, 6) is -0.353. The number of rotatable bonds is 4. The van der Waals surface area contributed by atoms with Crippen molar-refractivity contribution in [2.24, 2.45) is 11.8 Å². The van der Waals surface area contributed by atoms with E-state index in [9.17, 15) is 14.4 Å². The minimum absolute atomic E-state index is 0.0218. The SMILES string of the molecule is O=C(c1ccc(Cl)cc1)[C@H]1C[C@H]1C(=O)N1CCC(N2Cc3ccccc3NC2=O)CC1. The molecule has 2 heterocycles. The molecule has 3 amide bonds. The highest BCUT2D eigenvalue weighted by Crippen LogP contribution is 2.43. The van der Waals surface area contributed by atoms with Crippen LogP contribution in [0.4, 0.5) is 10.5 Å². The number of hydrogen-bond acceptors (Lipinski definition) is 3. The van der Waals surface area contributed by atoms with Crippen LogP contribution in [-0.2, 0) is 11.3 Å². The van der Waals surface area contributed by atoms with E-state index < -0.39 is 0 Å². The maximum Gasteiger partial charge on any atom is 0.322 e. The first-order chi connectivity index (χ1) is 15.0. The highest BCUT2D eigenvalue weighted by Gasteiger charge is 2.50. The van der Waals surface area contributed by atoms with Crippen molar-refractivity contribution < 1.29 is 14.4 Å². The normalized spacial score (nSPS) is 23.2. The summed E-state index contributed by atoms with van der Waals surface area (Å²) < 4.78 is 0. The average molecular weight is 438 g/mol. The Balaban J connectivity index is 1.16. The Morgan fingerprint density at radius 2 is 1.68 bits per heavy atom. The molecule has 0 bridgehead atoms. The molecule has 5 rings (SSSR count). The van der Waals surface area contributed by atoms with Crippen molar-refractivity contribution in [3.63, 3.8) is 0 Å². The molecular formula is C24H24ClN3O3. The zero-order valence-electron chi connectivity index (χ0n) is 17.1. The van der Waals surface area contributed by atoms with Crippen LogP contribution in [-0.4, -0.2) is 46.7 Å². The van der Waals surface area contributed by atoms with Gasteiger partial charge in [-0.2, -0.15) is 0 Å². The van der Waals surface area contributed by atoms with E-state index in [-0.39, 0.29) is 35.6 Å². The van der Waals surface area contributed by atoms with Crippen LogP contribution in [0, 0.1) is 11.8 Å². The van der Waals surface area contributed by atoms with Crippen molar-refractivity contribution in [2.75, 3.05) is 18.4 Å². The number of para-hydroxylation sites is 1. The van der Waals surface area contributed by atoms with Gasteiger partial charge >= 0.3 is 6.03 Å². The topological polar surface area (TPSA) is 69.7 Å². The number of ketones is 1. The lowest BCUT2D eigenvalue weighted by atomic mass is 10.00. The third-order valence-electron chi connectivity index (χ3n) is 6.65. The van der Waals surface area contributed by atoms with Crippen LogP contribution < -0.4 is 5.32 Å². The van der Waals surface area contributed by atoms with Crippen molar-refractivity contribution in [2.45, 2.75) is 31.8 Å². The number of fused-ring (bicyclic) bond motifs is 1. The smallest absolute Gasteiger partial charge is 0.322 e. The van der Waals surface area contributed by atoms with Gasteiger partial charge in [-0.25, -0.2) is 4.79 Å². The molecule has 2 atom stereocenters. The van der Waals surface area contributed by atoms with Gasteiger partial charge in [0.1, 0.15) is 0 Å². The van der Waals surface area contributed by atoms with Gasteiger partial charge in [0.25, 0.3) is 0 Å². The second-order valence-corrected chi connectivity index (χ2v) is 9.03. The molecule has 3 aliphatic rings. The van der Waals surface area contributed by atoms with Crippen molar-refractivity contribution in [1.29, 1.82) is 0 Å². The molecule has 6 nitrogen and oxygen atoms in total. The van der Waals surface area contributed by atoms with Crippen LogP contribution in [0.2, 0.25) is 5.02 Å². The predicted molar refractivity (Wildman–Crippen MR) is 118 cm³/mol. The Morgan fingerprint density at radius 3 is 2.42 bits per heavy atom. The van der Waals surface area contributed by atoms with Crippen LogP contribution in [0.3, 0.4) is 0 Å². The predicted octanol–water partition coefficient (Wildman–Crippen LogP) is 4.20. The number of nitrogens with zero attached hydrogens (tertiary/aromatic N) is 2. The van der Waals surface area contributed by atoms with E-state index in [4.69, 9.17) is 11.6 Å². The molecule has 0 unspecified atom stereocenters. The number of nitrogens with one attached hydrogen (secondary N) is 1. The van der Waals surface area contributed by atoms with E-state index in [1.807, 2.05) is 34.1 Å². The van der Waals surface area contributed by atoms with Crippen molar-refractivity contribution in [3.05, 3.63) is 64.7 Å². The van der Waals surface area contributed by atoms with Gasteiger partial charge in [0, 0.05) is 53.8 Å². The van der Waals surface area contributed by atoms with Gasteiger partial charge in [-0.3, -0.25) is 9.59 Å². The molecule has 0 spiro atoms. The summed E-state index contributed by atoms with van der Waals surface area (Å²) in [5.41, 5.74) is 2.60. The number of carbonyl (C=O) groups excluding carboxylic acids is 3. The average Bonchev–Trinajstić information content (AvgIpc) is 3.59. The minimum atomic E-state index is -0.226. The second-order valence-electron chi connectivity index (χ2n) is 8.59. The summed E-state index contributed by atoms with van der Waals surface area (Å²) in [4.78, 5) is 41.9. The first-order valence-corrected chi connectivity index (χ1v) is 11.1. The van der Waals surface area contributed by atoms with Gasteiger partial charge in [0.05, 0.1) is 0 Å². The number of amides is 3. The lowest BCUT2D eigenvalue weighted by Gasteiger charge is -2.40. The molecule has 2 fully saturated rings. The van der Waals surface area contributed by atoms with Crippen molar-refractivity contribution in [1.82, 2.24) is 9.80 Å². The standard InChI is InChI=1S/C24H24ClN3O3/c25-17-7-5-15(6-8-17)22(29)19-13-20(19)23(30)27-11-9-18(10-12-27)28-14-16-3-1-2-4-21(16)26-24(28)31/h1-8,18-20H,9-14H2,(H,26,31)/t19-,20+/m0/s1. The number of hydrogen-bond donors (Lipinski definition) is 1. The number of halogens is 1. The second kappa shape index (κ2) is 8.00.